The van der Waals surface area contributed by atoms with Crippen LogP contribution in [-0.2, 0) is 6.42 Å². The first-order chi connectivity index (χ1) is 10.7. The number of hydrogen-bond acceptors (Lipinski definition) is 3. The second kappa shape index (κ2) is 6.35. The topological polar surface area (TPSA) is 54.9 Å². The summed E-state index contributed by atoms with van der Waals surface area (Å²) in [6.45, 7) is 2.52. The van der Waals surface area contributed by atoms with E-state index in [1.807, 2.05) is 55.6 Å². The lowest BCUT2D eigenvalue weighted by Crippen LogP contribution is -2.26. The summed E-state index contributed by atoms with van der Waals surface area (Å²) < 4.78 is 0. The number of carbonyl (C=O) groups excluding carboxylic acids is 1. The van der Waals surface area contributed by atoms with Crippen molar-refractivity contribution in [3.05, 3.63) is 71.7 Å². The SMILES string of the molecule is Cc1ccc(CCNC(=O)c2ccc3ccccc3n2)cn1. The fourth-order valence-electron chi connectivity index (χ4n) is 2.25. The molecule has 0 saturated heterocycles. The fraction of sp³-hybridized carbons (Fsp3) is 0.167. The first kappa shape index (κ1) is 14.2. The highest BCUT2D eigenvalue weighted by molar-refractivity contribution is 5.94. The van der Waals surface area contributed by atoms with E-state index in [0.717, 1.165) is 28.6 Å². The molecule has 22 heavy (non-hydrogen) atoms. The van der Waals surface area contributed by atoms with Crippen LogP contribution in [0.1, 0.15) is 21.7 Å². The van der Waals surface area contributed by atoms with Gasteiger partial charge in [-0.3, -0.25) is 9.78 Å². The molecule has 0 saturated carbocycles. The Morgan fingerprint density at radius 1 is 1.09 bits per heavy atom. The molecule has 0 atom stereocenters. The molecule has 2 heterocycles. The lowest BCUT2D eigenvalue weighted by atomic mass is 10.2. The normalized spacial score (nSPS) is 10.6. The number of hydrogen-bond donors (Lipinski definition) is 1. The zero-order chi connectivity index (χ0) is 15.4. The van der Waals surface area contributed by atoms with Crippen molar-refractivity contribution in [3.63, 3.8) is 0 Å². The van der Waals surface area contributed by atoms with Crippen LogP contribution in [0.25, 0.3) is 10.9 Å². The van der Waals surface area contributed by atoms with Crippen molar-refractivity contribution in [1.29, 1.82) is 0 Å². The Morgan fingerprint density at radius 3 is 2.77 bits per heavy atom. The van der Waals surface area contributed by atoms with E-state index >= 15 is 0 Å². The van der Waals surface area contributed by atoms with Crippen LogP contribution in [0.5, 0.6) is 0 Å². The quantitative estimate of drug-likeness (QED) is 0.804. The average molecular weight is 291 g/mol. The molecule has 0 aliphatic heterocycles. The molecule has 0 unspecified atom stereocenters. The molecule has 3 aromatic rings. The number of benzene rings is 1. The minimum Gasteiger partial charge on any atom is -0.350 e. The molecule has 1 aromatic carbocycles. The number of pyridine rings is 2. The van der Waals surface area contributed by atoms with Gasteiger partial charge in [0.2, 0.25) is 0 Å². The van der Waals surface area contributed by atoms with Crippen LogP contribution in [0.15, 0.2) is 54.7 Å². The van der Waals surface area contributed by atoms with Crippen LogP contribution >= 0.6 is 0 Å². The van der Waals surface area contributed by atoms with E-state index in [0.29, 0.717) is 12.2 Å². The highest BCUT2D eigenvalue weighted by atomic mass is 16.1. The fourth-order valence-corrected chi connectivity index (χ4v) is 2.25. The van der Waals surface area contributed by atoms with Crippen molar-refractivity contribution in [3.8, 4) is 0 Å². The number of nitrogens with one attached hydrogen (secondary N) is 1. The van der Waals surface area contributed by atoms with Crippen LogP contribution < -0.4 is 5.32 Å². The zero-order valence-corrected chi connectivity index (χ0v) is 12.4. The molecule has 110 valence electrons. The number of nitrogens with zero attached hydrogens (tertiary/aromatic N) is 2. The molecule has 2 aromatic heterocycles. The van der Waals surface area contributed by atoms with Gasteiger partial charge in [-0.05, 0) is 37.1 Å². The second-order valence-corrected chi connectivity index (χ2v) is 5.20. The van der Waals surface area contributed by atoms with Crippen LogP contribution in [0, 0.1) is 6.92 Å². The third kappa shape index (κ3) is 3.28. The number of fused-ring (bicyclic) bond motifs is 1. The van der Waals surface area contributed by atoms with Gasteiger partial charge in [-0.2, -0.15) is 0 Å². The number of aromatic nitrogens is 2. The molecule has 4 heteroatoms. The lowest BCUT2D eigenvalue weighted by molar-refractivity contribution is 0.0949. The standard InChI is InChI=1S/C18H17N3O/c1-13-6-7-14(12-20-13)10-11-19-18(22)17-9-8-15-4-2-3-5-16(15)21-17/h2-9,12H,10-11H2,1H3,(H,19,22). The van der Waals surface area contributed by atoms with Crippen LogP contribution in [-0.4, -0.2) is 22.4 Å². The predicted octanol–water partition coefficient (Wildman–Crippen LogP) is 2.91. The Labute approximate surface area is 129 Å². The molecule has 1 amide bonds. The molecule has 3 rings (SSSR count). The first-order valence-corrected chi connectivity index (χ1v) is 7.28. The number of carbonyl (C=O) groups is 1. The van der Waals surface area contributed by atoms with E-state index < -0.39 is 0 Å². The van der Waals surface area contributed by atoms with Gasteiger partial charge < -0.3 is 5.32 Å². The first-order valence-electron chi connectivity index (χ1n) is 7.28. The monoisotopic (exact) mass is 291 g/mol. The van der Waals surface area contributed by atoms with Crippen molar-refractivity contribution in [2.75, 3.05) is 6.54 Å². The summed E-state index contributed by atoms with van der Waals surface area (Å²) >= 11 is 0. The van der Waals surface area contributed by atoms with Crippen molar-refractivity contribution < 1.29 is 4.79 Å². The third-order valence-corrected chi connectivity index (χ3v) is 3.50. The highest BCUT2D eigenvalue weighted by Gasteiger charge is 2.07. The average Bonchev–Trinajstić information content (AvgIpc) is 2.56. The van der Waals surface area contributed by atoms with Crippen molar-refractivity contribution >= 4 is 16.8 Å². The second-order valence-electron chi connectivity index (χ2n) is 5.20. The lowest BCUT2D eigenvalue weighted by Gasteiger charge is -2.06. The summed E-state index contributed by atoms with van der Waals surface area (Å²) in [5, 5.41) is 3.93. The van der Waals surface area contributed by atoms with Gasteiger partial charge in [0.25, 0.3) is 5.91 Å². The zero-order valence-electron chi connectivity index (χ0n) is 12.4. The maximum Gasteiger partial charge on any atom is 0.269 e. The van der Waals surface area contributed by atoms with Gasteiger partial charge >= 0.3 is 0 Å². The van der Waals surface area contributed by atoms with Crippen molar-refractivity contribution in [2.45, 2.75) is 13.3 Å². The molecule has 0 aliphatic carbocycles. The van der Waals surface area contributed by atoms with Gasteiger partial charge in [0.1, 0.15) is 5.69 Å². The van der Waals surface area contributed by atoms with E-state index in [4.69, 9.17) is 0 Å². The molecular weight excluding hydrogens is 274 g/mol. The minimum atomic E-state index is -0.147. The summed E-state index contributed by atoms with van der Waals surface area (Å²) in [5.74, 6) is -0.147. The van der Waals surface area contributed by atoms with Crippen molar-refractivity contribution in [2.24, 2.45) is 0 Å². The number of para-hydroxylation sites is 1. The maximum atomic E-state index is 12.1. The number of rotatable bonds is 4. The minimum absolute atomic E-state index is 0.147. The summed E-state index contributed by atoms with van der Waals surface area (Å²) in [6.07, 6.45) is 2.60. The third-order valence-electron chi connectivity index (χ3n) is 3.50. The van der Waals surface area contributed by atoms with Crippen LogP contribution in [0.4, 0.5) is 0 Å². The van der Waals surface area contributed by atoms with Crippen LogP contribution in [0.2, 0.25) is 0 Å². The predicted molar refractivity (Wildman–Crippen MR) is 86.8 cm³/mol. The van der Waals surface area contributed by atoms with Gasteiger partial charge in [-0.15, -0.1) is 0 Å². The van der Waals surface area contributed by atoms with E-state index in [-0.39, 0.29) is 5.91 Å². The molecule has 0 spiro atoms. The highest BCUT2D eigenvalue weighted by Crippen LogP contribution is 2.11. The molecule has 0 aliphatic rings. The van der Waals surface area contributed by atoms with E-state index in [1.165, 1.54) is 0 Å². The summed E-state index contributed by atoms with van der Waals surface area (Å²) in [7, 11) is 0. The Hall–Kier alpha value is -2.75. The molecular formula is C18H17N3O. The van der Waals surface area contributed by atoms with Gasteiger partial charge in [-0.1, -0.05) is 30.3 Å². The summed E-state index contributed by atoms with van der Waals surface area (Å²) in [4.78, 5) is 20.8. The number of aryl methyl sites for hydroxylation is 1. The largest absolute Gasteiger partial charge is 0.350 e. The maximum absolute atomic E-state index is 12.1. The molecule has 1 N–H and O–H groups in total. The van der Waals surface area contributed by atoms with E-state index in [1.54, 1.807) is 6.07 Å². The van der Waals surface area contributed by atoms with E-state index in [9.17, 15) is 4.79 Å². The molecule has 0 fully saturated rings. The molecule has 0 radical (unpaired) electrons. The van der Waals surface area contributed by atoms with E-state index in [2.05, 4.69) is 15.3 Å². The molecule has 4 nitrogen and oxygen atoms in total. The summed E-state index contributed by atoms with van der Waals surface area (Å²) in [5.41, 5.74) is 3.38. The Kier molecular flexibility index (Phi) is 4.10. The van der Waals surface area contributed by atoms with Gasteiger partial charge in [0.15, 0.2) is 0 Å². The molecule has 0 bridgehead atoms. The Bertz CT molecular complexity index is 797. The Balaban J connectivity index is 1.62. The van der Waals surface area contributed by atoms with Gasteiger partial charge in [0.05, 0.1) is 5.52 Å². The van der Waals surface area contributed by atoms with Crippen molar-refractivity contribution in [1.82, 2.24) is 15.3 Å². The van der Waals surface area contributed by atoms with Crippen LogP contribution in [0.3, 0.4) is 0 Å². The summed E-state index contributed by atoms with van der Waals surface area (Å²) in [6, 6.07) is 15.4. The Morgan fingerprint density at radius 2 is 1.95 bits per heavy atom. The van der Waals surface area contributed by atoms with Gasteiger partial charge in [0, 0.05) is 23.8 Å². The smallest absolute Gasteiger partial charge is 0.269 e. The van der Waals surface area contributed by atoms with Gasteiger partial charge in [-0.25, -0.2) is 4.98 Å². The number of amides is 1.